The number of fused-ring (bicyclic) bond motifs is 1. The van der Waals surface area contributed by atoms with E-state index in [1.165, 1.54) is 45.6 Å². The van der Waals surface area contributed by atoms with Crippen LogP contribution in [0.15, 0.2) is 46.8 Å². The molecule has 184 valence electrons. The molecule has 0 amide bonds. The Bertz CT molecular complexity index is 1640. The number of methoxy groups -OCH3 is 3. The number of hydrogen-bond acceptors (Lipinski definition) is 10. The van der Waals surface area contributed by atoms with Gasteiger partial charge < -0.3 is 30.2 Å². The van der Waals surface area contributed by atoms with Crippen LogP contribution in [0.3, 0.4) is 0 Å². The van der Waals surface area contributed by atoms with E-state index >= 15 is 0 Å². The van der Waals surface area contributed by atoms with Crippen molar-refractivity contribution in [1.29, 1.82) is 5.26 Å². The number of nitrogens with zero attached hydrogens (tertiary/aromatic N) is 2. The lowest BCUT2D eigenvalue weighted by Crippen LogP contribution is -2.40. The number of phenolic OH excluding ortho intramolecular Hbond substituents is 2. The van der Waals surface area contributed by atoms with Crippen LogP contribution in [0, 0.1) is 11.3 Å². The molecule has 2 heterocycles. The molecule has 0 aliphatic carbocycles. The van der Waals surface area contributed by atoms with E-state index in [9.17, 15) is 25.1 Å². The molecule has 36 heavy (non-hydrogen) atoms. The van der Waals surface area contributed by atoms with Gasteiger partial charge >= 0.3 is 5.97 Å². The number of benzene rings is 2. The number of ether oxygens (including phenoxy) is 3. The Morgan fingerprint density at radius 2 is 1.75 bits per heavy atom. The molecule has 0 fully saturated rings. The van der Waals surface area contributed by atoms with Crippen LogP contribution >= 0.6 is 11.3 Å². The van der Waals surface area contributed by atoms with E-state index in [2.05, 4.69) is 0 Å². The largest absolute Gasteiger partial charge is 0.504 e. The third-order valence-corrected chi connectivity index (χ3v) is 6.82. The van der Waals surface area contributed by atoms with Gasteiger partial charge in [-0.05, 0) is 41.5 Å². The van der Waals surface area contributed by atoms with E-state index in [-0.39, 0.29) is 49.2 Å². The lowest BCUT2D eigenvalue weighted by Gasteiger charge is -2.24. The van der Waals surface area contributed by atoms with Crippen molar-refractivity contribution in [3.8, 4) is 29.1 Å². The van der Waals surface area contributed by atoms with E-state index in [4.69, 9.17) is 19.9 Å². The molecular formula is C25H21N3O7S. The Balaban J connectivity index is 2.07. The van der Waals surface area contributed by atoms with Crippen molar-refractivity contribution >= 4 is 34.8 Å². The van der Waals surface area contributed by atoms with Crippen LogP contribution in [0.5, 0.6) is 23.0 Å². The highest BCUT2D eigenvalue weighted by Gasteiger charge is 2.36. The molecule has 1 aliphatic rings. The van der Waals surface area contributed by atoms with Gasteiger partial charge in [-0.1, -0.05) is 12.1 Å². The van der Waals surface area contributed by atoms with Gasteiger partial charge in [0.2, 0.25) is 0 Å². The molecule has 3 aromatic rings. The summed E-state index contributed by atoms with van der Waals surface area (Å²) >= 11 is 1.00. The van der Waals surface area contributed by atoms with Crippen molar-refractivity contribution in [2.24, 2.45) is 5.73 Å². The number of carbonyl (C=O) groups is 1. The minimum absolute atomic E-state index is 0.0339. The number of hydrogen-bond donors (Lipinski definition) is 3. The molecule has 0 saturated carbocycles. The van der Waals surface area contributed by atoms with Gasteiger partial charge in [0, 0.05) is 0 Å². The Kier molecular flexibility index (Phi) is 6.46. The van der Waals surface area contributed by atoms with Crippen molar-refractivity contribution in [3.05, 3.63) is 72.6 Å². The predicted molar refractivity (Wildman–Crippen MR) is 132 cm³/mol. The number of carbonyl (C=O) groups excluding carboxylic acids is 1. The summed E-state index contributed by atoms with van der Waals surface area (Å²) in [6, 6.07) is 11.0. The summed E-state index contributed by atoms with van der Waals surface area (Å²) in [6.45, 7) is 0. The molecule has 1 atom stereocenters. The highest BCUT2D eigenvalue weighted by atomic mass is 32.1. The first-order valence-corrected chi connectivity index (χ1v) is 11.3. The van der Waals surface area contributed by atoms with Gasteiger partial charge in [-0.15, -0.1) is 11.3 Å². The van der Waals surface area contributed by atoms with Crippen LogP contribution in [-0.4, -0.2) is 42.1 Å². The van der Waals surface area contributed by atoms with E-state index in [1.807, 2.05) is 6.07 Å². The average molecular weight is 508 g/mol. The van der Waals surface area contributed by atoms with Crippen molar-refractivity contribution in [2.45, 2.75) is 5.92 Å². The predicted octanol–water partition coefficient (Wildman–Crippen LogP) is 0.939. The third kappa shape index (κ3) is 3.93. The molecule has 4 N–H and O–H groups in total. The van der Waals surface area contributed by atoms with Crippen molar-refractivity contribution in [2.75, 3.05) is 21.3 Å². The van der Waals surface area contributed by atoms with Gasteiger partial charge in [0.25, 0.3) is 5.56 Å². The van der Waals surface area contributed by atoms with Crippen LogP contribution in [0.2, 0.25) is 0 Å². The number of nitrogens with two attached hydrogens (primary N) is 1. The molecule has 0 radical (unpaired) electrons. The standard InChI is InChI=1S/C25H21N3O7S/c1-33-17-8-12(4-6-15(17)29)9-19-23(31)28-22(27)14(11-26)20(21(24(28)36-19)25(32)35-3)13-5-7-16(30)18(10-13)34-2/h4-10,20,29-30H,27H2,1-3H3/b19-9-/t20-/m1/s1. The number of allylic oxidation sites excluding steroid dienone is 1. The zero-order valence-electron chi connectivity index (χ0n) is 19.4. The van der Waals surface area contributed by atoms with Gasteiger partial charge in [-0.3, -0.25) is 9.36 Å². The number of aromatic nitrogens is 1. The maximum Gasteiger partial charge on any atom is 0.337 e. The van der Waals surface area contributed by atoms with Crippen LogP contribution < -0.4 is 30.0 Å². The SMILES string of the molecule is COC(=O)C1=c2s/c(=C\c3ccc(O)c(OC)c3)c(=O)n2C(N)=C(C#N)[C@H]1c1ccc(O)c(OC)c1. The number of phenols is 2. The molecule has 0 bridgehead atoms. The quantitative estimate of drug-likeness (QED) is 0.428. The number of thiazole rings is 1. The van der Waals surface area contributed by atoms with Crippen molar-refractivity contribution in [3.63, 3.8) is 0 Å². The highest BCUT2D eigenvalue weighted by Crippen LogP contribution is 2.39. The second-order valence-corrected chi connectivity index (χ2v) is 8.70. The number of esters is 1. The van der Waals surface area contributed by atoms with Crippen molar-refractivity contribution < 1.29 is 29.2 Å². The highest BCUT2D eigenvalue weighted by molar-refractivity contribution is 7.07. The van der Waals surface area contributed by atoms with Crippen LogP contribution in [-0.2, 0) is 9.53 Å². The zero-order valence-corrected chi connectivity index (χ0v) is 20.3. The monoisotopic (exact) mass is 507 g/mol. The maximum atomic E-state index is 13.4. The number of rotatable bonds is 5. The first-order valence-electron chi connectivity index (χ1n) is 10.5. The molecule has 1 aromatic heterocycles. The summed E-state index contributed by atoms with van der Waals surface area (Å²) in [5.74, 6) is -1.67. The second kappa shape index (κ2) is 9.52. The molecular weight excluding hydrogens is 486 g/mol. The number of aromatic hydroxyl groups is 2. The van der Waals surface area contributed by atoms with Gasteiger partial charge in [0.05, 0.1) is 49.0 Å². The van der Waals surface area contributed by atoms with Crippen molar-refractivity contribution in [1.82, 2.24) is 4.57 Å². The lowest BCUT2D eigenvalue weighted by atomic mass is 9.83. The van der Waals surface area contributed by atoms with Gasteiger partial charge in [-0.25, -0.2) is 4.79 Å². The summed E-state index contributed by atoms with van der Waals surface area (Å²) in [5, 5.41) is 29.9. The van der Waals surface area contributed by atoms with Gasteiger partial charge in [0.1, 0.15) is 10.5 Å². The lowest BCUT2D eigenvalue weighted by molar-refractivity contribution is -0.134. The number of nitriles is 1. The minimum atomic E-state index is -0.975. The second-order valence-electron chi connectivity index (χ2n) is 7.67. The summed E-state index contributed by atoms with van der Waals surface area (Å²) < 4.78 is 16.9. The Morgan fingerprint density at radius 1 is 1.11 bits per heavy atom. The van der Waals surface area contributed by atoms with E-state index in [0.29, 0.717) is 11.1 Å². The zero-order chi connectivity index (χ0) is 26.1. The van der Waals surface area contributed by atoms with Gasteiger partial charge in [-0.2, -0.15) is 5.26 Å². The molecule has 2 aromatic carbocycles. The Hall–Kier alpha value is -4.69. The molecule has 10 nitrogen and oxygen atoms in total. The molecule has 0 unspecified atom stereocenters. The molecule has 0 saturated heterocycles. The fourth-order valence-corrected chi connectivity index (χ4v) is 5.16. The third-order valence-electron chi connectivity index (χ3n) is 5.71. The smallest absolute Gasteiger partial charge is 0.337 e. The first kappa shape index (κ1) is 24.4. The van der Waals surface area contributed by atoms with E-state index in [1.54, 1.807) is 18.2 Å². The maximum absolute atomic E-state index is 13.4. The molecule has 11 heteroatoms. The Labute approximate surface area is 208 Å². The summed E-state index contributed by atoms with van der Waals surface area (Å²) in [6.07, 6.45) is 1.56. The summed E-state index contributed by atoms with van der Waals surface area (Å²) in [5.41, 5.74) is 6.79. The van der Waals surface area contributed by atoms with Crippen LogP contribution in [0.1, 0.15) is 17.0 Å². The summed E-state index contributed by atoms with van der Waals surface area (Å²) in [4.78, 5) is 26.4. The topological polar surface area (TPSA) is 157 Å². The summed E-state index contributed by atoms with van der Waals surface area (Å²) in [7, 11) is 3.98. The molecule has 4 rings (SSSR count). The Morgan fingerprint density at radius 3 is 2.36 bits per heavy atom. The minimum Gasteiger partial charge on any atom is -0.504 e. The van der Waals surface area contributed by atoms with E-state index < -0.39 is 17.4 Å². The molecule has 1 aliphatic heterocycles. The first-order chi connectivity index (χ1) is 17.2. The van der Waals surface area contributed by atoms with Gasteiger partial charge in [0.15, 0.2) is 23.0 Å². The fourth-order valence-electron chi connectivity index (χ4n) is 4.00. The fraction of sp³-hybridized carbons (Fsp3) is 0.160. The molecule has 0 spiro atoms. The van der Waals surface area contributed by atoms with E-state index in [0.717, 1.165) is 15.9 Å². The van der Waals surface area contributed by atoms with Crippen LogP contribution in [0.4, 0.5) is 0 Å². The van der Waals surface area contributed by atoms with Crippen LogP contribution in [0.25, 0.3) is 17.5 Å². The normalized spacial score (nSPS) is 15.3. The average Bonchev–Trinajstić information content (AvgIpc) is 3.20.